The molecule has 0 bridgehead atoms. The lowest BCUT2D eigenvalue weighted by molar-refractivity contribution is 0.419. The zero-order valence-electron chi connectivity index (χ0n) is 15.5. The van der Waals surface area contributed by atoms with Gasteiger partial charge in [-0.2, -0.15) is 0 Å². The maximum Gasteiger partial charge on any atom is 0.127 e. The first kappa shape index (κ1) is 18.4. The minimum absolute atomic E-state index is 0.153. The van der Waals surface area contributed by atoms with E-state index in [4.69, 9.17) is 4.99 Å². The highest BCUT2D eigenvalue weighted by atomic mass is 19.1. The van der Waals surface area contributed by atoms with Crippen molar-refractivity contribution in [2.75, 3.05) is 23.7 Å². The van der Waals surface area contributed by atoms with Gasteiger partial charge in [-0.1, -0.05) is 38.1 Å². The number of hydrogen-bond donors (Lipinski definition) is 3. The molecule has 5 heteroatoms. The third kappa shape index (κ3) is 3.88. The molecule has 0 unspecified atom stereocenters. The highest BCUT2D eigenvalue weighted by Gasteiger charge is 2.40. The summed E-state index contributed by atoms with van der Waals surface area (Å²) >= 11 is 0. The molecular formula is C21H27FN4. The van der Waals surface area contributed by atoms with Crippen molar-refractivity contribution in [3.8, 4) is 0 Å². The van der Waals surface area contributed by atoms with Crippen LogP contribution in [0.5, 0.6) is 0 Å². The van der Waals surface area contributed by atoms with Crippen LogP contribution in [0.3, 0.4) is 0 Å². The molecule has 1 spiro atoms. The molecule has 2 aliphatic rings. The van der Waals surface area contributed by atoms with E-state index in [0.29, 0.717) is 6.54 Å². The van der Waals surface area contributed by atoms with Crippen LogP contribution in [0.25, 0.3) is 0 Å². The van der Waals surface area contributed by atoms with Gasteiger partial charge < -0.3 is 16.0 Å². The predicted octanol–water partition coefficient (Wildman–Crippen LogP) is 4.41. The van der Waals surface area contributed by atoms with Gasteiger partial charge in [0.05, 0.1) is 23.5 Å². The van der Waals surface area contributed by atoms with Crippen molar-refractivity contribution in [2.24, 2.45) is 4.99 Å². The summed E-state index contributed by atoms with van der Waals surface area (Å²) in [5, 5.41) is 10.7. The van der Waals surface area contributed by atoms with Gasteiger partial charge in [0, 0.05) is 0 Å². The van der Waals surface area contributed by atoms with Crippen molar-refractivity contribution >= 4 is 17.2 Å². The van der Waals surface area contributed by atoms with Crippen LogP contribution in [0.4, 0.5) is 15.8 Å². The SMILES string of the molecule is CC.Fc1ccc(CN=C2Nc3ccccc3NC23CCNCC3)cc1. The monoisotopic (exact) mass is 354 g/mol. The summed E-state index contributed by atoms with van der Waals surface area (Å²) in [5.41, 5.74) is 3.04. The molecule has 0 aliphatic carbocycles. The Morgan fingerprint density at radius 1 is 0.962 bits per heavy atom. The van der Waals surface area contributed by atoms with Crippen molar-refractivity contribution in [2.45, 2.75) is 38.8 Å². The second-order valence-electron chi connectivity index (χ2n) is 6.42. The molecule has 2 aromatic rings. The molecule has 26 heavy (non-hydrogen) atoms. The molecule has 138 valence electrons. The number of nitrogens with zero attached hydrogens (tertiary/aromatic N) is 1. The Hall–Kier alpha value is -2.40. The minimum atomic E-state index is -0.215. The van der Waals surface area contributed by atoms with Gasteiger partial charge in [-0.3, -0.25) is 4.99 Å². The summed E-state index contributed by atoms with van der Waals surface area (Å²) in [4.78, 5) is 4.85. The molecule has 3 N–H and O–H groups in total. The number of piperidine rings is 1. The van der Waals surface area contributed by atoms with Gasteiger partial charge in [0.2, 0.25) is 0 Å². The van der Waals surface area contributed by atoms with Crippen molar-refractivity contribution in [1.29, 1.82) is 0 Å². The number of rotatable bonds is 2. The highest BCUT2D eigenvalue weighted by Crippen LogP contribution is 2.35. The largest absolute Gasteiger partial charge is 0.371 e. The minimum Gasteiger partial charge on any atom is -0.371 e. The van der Waals surface area contributed by atoms with Crippen LogP contribution in [0.1, 0.15) is 32.3 Å². The second-order valence-corrected chi connectivity index (χ2v) is 6.42. The summed E-state index contributed by atoms with van der Waals surface area (Å²) in [7, 11) is 0. The van der Waals surface area contributed by atoms with Crippen LogP contribution in [0, 0.1) is 5.82 Å². The first-order chi connectivity index (χ1) is 12.8. The van der Waals surface area contributed by atoms with Crippen molar-refractivity contribution < 1.29 is 4.39 Å². The number of benzene rings is 2. The van der Waals surface area contributed by atoms with E-state index in [9.17, 15) is 4.39 Å². The Morgan fingerprint density at radius 2 is 1.62 bits per heavy atom. The van der Waals surface area contributed by atoms with E-state index in [1.54, 1.807) is 12.1 Å². The lowest BCUT2D eigenvalue weighted by Crippen LogP contribution is -2.57. The number of hydrogen-bond acceptors (Lipinski definition) is 3. The molecule has 2 heterocycles. The molecule has 0 amide bonds. The van der Waals surface area contributed by atoms with Crippen molar-refractivity contribution in [1.82, 2.24) is 5.32 Å². The van der Waals surface area contributed by atoms with E-state index in [-0.39, 0.29) is 11.4 Å². The molecule has 0 atom stereocenters. The zero-order valence-corrected chi connectivity index (χ0v) is 15.5. The van der Waals surface area contributed by atoms with E-state index in [1.165, 1.54) is 12.1 Å². The Kier molecular flexibility index (Phi) is 5.89. The molecule has 0 radical (unpaired) electrons. The van der Waals surface area contributed by atoms with Gasteiger partial charge in [0.15, 0.2) is 0 Å². The van der Waals surface area contributed by atoms with Crippen LogP contribution in [-0.4, -0.2) is 24.5 Å². The molecule has 2 aliphatic heterocycles. The molecule has 4 rings (SSSR count). The van der Waals surface area contributed by atoms with E-state index < -0.39 is 0 Å². The summed E-state index contributed by atoms with van der Waals surface area (Å²) < 4.78 is 13.1. The van der Waals surface area contributed by atoms with Crippen LogP contribution in [0.2, 0.25) is 0 Å². The topological polar surface area (TPSA) is 48.5 Å². The predicted molar refractivity (Wildman–Crippen MR) is 107 cm³/mol. The van der Waals surface area contributed by atoms with Crippen LogP contribution >= 0.6 is 0 Å². The Balaban J connectivity index is 0.000000948. The Bertz CT molecular complexity index is 749. The average molecular weight is 354 g/mol. The number of aliphatic imine (C=N–C) groups is 1. The van der Waals surface area contributed by atoms with Gasteiger partial charge in [0.1, 0.15) is 11.7 Å². The van der Waals surface area contributed by atoms with Crippen LogP contribution < -0.4 is 16.0 Å². The fourth-order valence-corrected chi connectivity index (χ4v) is 3.43. The molecular weight excluding hydrogens is 327 g/mol. The number of amidine groups is 1. The standard InChI is InChI=1S/C19H21FN4.C2H6/c20-15-7-5-14(6-8-15)13-22-18-19(9-11-21-12-10-19)24-17-4-2-1-3-16(17)23-18;1-2/h1-8,21,24H,9-13H2,(H,22,23);1-2H3. The number of para-hydroxylation sites is 2. The van der Waals surface area contributed by atoms with E-state index in [0.717, 1.165) is 48.7 Å². The van der Waals surface area contributed by atoms with Crippen molar-refractivity contribution in [3.63, 3.8) is 0 Å². The van der Waals surface area contributed by atoms with E-state index in [2.05, 4.69) is 28.1 Å². The van der Waals surface area contributed by atoms with E-state index >= 15 is 0 Å². The maximum absolute atomic E-state index is 13.1. The number of anilines is 2. The van der Waals surface area contributed by atoms with E-state index in [1.807, 2.05) is 26.0 Å². The Morgan fingerprint density at radius 3 is 2.31 bits per heavy atom. The summed E-state index contributed by atoms with van der Waals surface area (Å²) in [6.45, 7) is 6.47. The van der Waals surface area contributed by atoms with Gasteiger partial charge in [0.25, 0.3) is 0 Å². The third-order valence-electron chi connectivity index (χ3n) is 4.80. The molecule has 0 saturated carbocycles. The summed E-state index contributed by atoms with van der Waals surface area (Å²) in [6, 6.07) is 14.8. The molecule has 0 aromatic heterocycles. The lowest BCUT2D eigenvalue weighted by atomic mass is 9.84. The molecule has 1 fully saturated rings. The fraction of sp³-hybridized carbons (Fsp3) is 0.381. The summed E-state index contributed by atoms with van der Waals surface area (Å²) in [5.74, 6) is 0.764. The first-order valence-electron chi connectivity index (χ1n) is 9.40. The summed E-state index contributed by atoms with van der Waals surface area (Å²) in [6.07, 6.45) is 1.97. The zero-order chi connectivity index (χ0) is 18.4. The smallest absolute Gasteiger partial charge is 0.127 e. The maximum atomic E-state index is 13.1. The van der Waals surface area contributed by atoms with Gasteiger partial charge in [-0.05, 0) is 55.8 Å². The fourth-order valence-electron chi connectivity index (χ4n) is 3.43. The normalized spacial score (nSPS) is 19.0. The van der Waals surface area contributed by atoms with Crippen molar-refractivity contribution in [3.05, 3.63) is 59.9 Å². The third-order valence-corrected chi connectivity index (χ3v) is 4.80. The molecule has 1 saturated heterocycles. The van der Waals surface area contributed by atoms with Gasteiger partial charge >= 0.3 is 0 Å². The van der Waals surface area contributed by atoms with Crippen LogP contribution in [-0.2, 0) is 6.54 Å². The molecule has 2 aromatic carbocycles. The van der Waals surface area contributed by atoms with Gasteiger partial charge in [-0.25, -0.2) is 4.39 Å². The second kappa shape index (κ2) is 8.32. The lowest BCUT2D eigenvalue weighted by Gasteiger charge is -2.44. The Labute approximate surface area is 154 Å². The number of fused-ring (bicyclic) bond motifs is 1. The highest BCUT2D eigenvalue weighted by molar-refractivity contribution is 6.09. The molecule has 4 nitrogen and oxygen atoms in total. The van der Waals surface area contributed by atoms with Gasteiger partial charge in [-0.15, -0.1) is 0 Å². The number of halogens is 1. The van der Waals surface area contributed by atoms with Crippen LogP contribution in [0.15, 0.2) is 53.5 Å². The first-order valence-corrected chi connectivity index (χ1v) is 9.40. The quantitative estimate of drug-likeness (QED) is 0.749. The average Bonchev–Trinajstić information content (AvgIpc) is 2.70. The number of nitrogens with one attached hydrogen (secondary N) is 3.